The first kappa shape index (κ1) is 14.7. The van der Waals surface area contributed by atoms with Gasteiger partial charge in [-0.25, -0.2) is 8.42 Å². The highest BCUT2D eigenvalue weighted by Gasteiger charge is 2.34. The number of aryl methyl sites for hydroxylation is 2. The molecule has 0 aromatic carbocycles. The van der Waals surface area contributed by atoms with Crippen molar-refractivity contribution in [2.24, 2.45) is 13.0 Å². The monoisotopic (exact) mass is 274 g/mol. The van der Waals surface area contributed by atoms with Crippen LogP contribution in [0.1, 0.15) is 19.5 Å². The quantitative estimate of drug-likeness (QED) is 0.815. The van der Waals surface area contributed by atoms with Gasteiger partial charge in [-0.2, -0.15) is 5.10 Å². The van der Waals surface area contributed by atoms with Gasteiger partial charge < -0.3 is 5.11 Å². The third-order valence-corrected chi connectivity index (χ3v) is 5.09. The van der Waals surface area contributed by atoms with E-state index in [0.29, 0.717) is 0 Å². The molecule has 1 heterocycles. The molecular formula is C11H18N2O4S. The Morgan fingerprint density at radius 1 is 1.50 bits per heavy atom. The molecule has 0 aliphatic carbocycles. The molecule has 1 aromatic heterocycles. The number of carboxylic acid groups (broad SMARTS) is 1. The van der Waals surface area contributed by atoms with Crippen LogP contribution < -0.4 is 0 Å². The topological polar surface area (TPSA) is 89.3 Å². The molecule has 7 heteroatoms. The van der Waals surface area contributed by atoms with Crippen LogP contribution in [-0.2, 0) is 28.1 Å². The number of carboxylic acids is 1. The molecule has 0 radical (unpaired) electrons. The summed E-state index contributed by atoms with van der Waals surface area (Å²) in [6.45, 7) is 3.20. The fourth-order valence-corrected chi connectivity index (χ4v) is 3.76. The molecular weight excluding hydrogens is 256 g/mol. The summed E-state index contributed by atoms with van der Waals surface area (Å²) in [5.74, 6) is -1.91. The minimum Gasteiger partial charge on any atom is -0.480 e. The Morgan fingerprint density at radius 2 is 2.11 bits per heavy atom. The van der Waals surface area contributed by atoms with Crippen LogP contribution in [0.25, 0.3) is 0 Å². The maximum Gasteiger partial charge on any atom is 0.322 e. The Balaban J connectivity index is 2.81. The van der Waals surface area contributed by atoms with Crippen molar-refractivity contribution in [2.75, 3.05) is 5.75 Å². The average molecular weight is 274 g/mol. The first-order chi connectivity index (χ1) is 8.25. The molecule has 18 heavy (non-hydrogen) atoms. The van der Waals surface area contributed by atoms with Crippen LogP contribution in [0.15, 0.2) is 12.3 Å². The summed E-state index contributed by atoms with van der Waals surface area (Å²) in [7, 11) is -1.93. The molecule has 1 rings (SSSR count). The Labute approximate surface area is 107 Å². The number of aromatic nitrogens is 2. The summed E-state index contributed by atoms with van der Waals surface area (Å²) in [5, 5.41) is 11.6. The summed E-state index contributed by atoms with van der Waals surface area (Å²) in [4.78, 5) is 11.0. The molecule has 0 bridgehead atoms. The van der Waals surface area contributed by atoms with Crippen LogP contribution in [-0.4, -0.2) is 40.3 Å². The first-order valence-corrected chi connectivity index (χ1v) is 7.38. The molecule has 1 unspecified atom stereocenters. The van der Waals surface area contributed by atoms with E-state index in [9.17, 15) is 13.2 Å². The molecule has 1 atom stereocenters. The Hall–Kier alpha value is -1.37. The van der Waals surface area contributed by atoms with E-state index in [1.807, 2.05) is 0 Å². The van der Waals surface area contributed by atoms with Gasteiger partial charge >= 0.3 is 5.97 Å². The predicted molar refractivity (Wildman–Crippen MR) is 67.0 cm³/mol. The van der Waals surface area contributed by atoms with Crippen LogP contribution >= 0.6 is 0 Å². The van der Waals surface area contributed by atoms with Crippen molar-refractivity contribution in [1.29, 1.82) is 0 Å². The van der Waals surface area contributed by atoms with Gasteiger partial charge in [0.25, 0.3) is 0 Å². The highest BCUT2D eigenvalue weighted by atomic mass is 32.2. The molecule has 6 nitrogen and oxygen atoms in total. The van der Waals surface area contributed by atoms with Gasteiger partial charge in [0.1, 0.15) is 0 Å². The lowest BCUT2D eigenvalue weighted by molar-refractivity contribution is -0.137. The molecule has 0 fully saturated rings. The highest BCUT2D eigenvalue weighted by molar-refractivity contribution is 7.92. The smallest absolute Gasteiger partial charge is 0.322 e. The molecule has 0 saturated carbocycles. The van der Waals surface area contributed by atoms with Crippen LogP contribution in [0.2, 0.25) is 0 Å². The second kappa shape index (κ2) is 5.51. The van der Waals surface area contributed by atoms with Gasteiger partial charge in [-0.3, -0.25) is 9.48 Å². The third-order valence-electron chi connectivity index (χ3n) is 2.80. The lowest BCUT2D eigenvalue weighted by atomic mass is 10.1. The van der Waals surface area contributed by atoms with E-state index in [4.69, 9.17) is 5.11 Å². The summed E-state index contributed by atoms with van der Waals surface area (Å²) < 4.78 is 25.6. The van der Waals surface area contributed by atoms with Crippen LogP contribution in [0, 0.1) is 5.92 Å². The zero-order chi connectivity index (χ0) is 13.9. The summed E-state index contributed by atoms with van der Waals surface area (Å²) in [6, 6.07) is 1.72. The largest absolute Gasteiger partial charge is 0.480 e. The van der Waals surface area contributed by atoms with Crippen molar-refractivity contribution >= 4 is 15.8 Å². The van der Waals surface area contributed by atoms with Crippen molar-refractivity contribution in [1.82, 2.24) is 9.78 Å². The van der Waals surface area contributed by atoms with Crippen LogP contribution in [0.3, 0.4) is 0 Å². The van der Waals surface area contributed by atoms with E-state index in [-0.39, 0.29) is 12.2 Å². The highest BCUT2D eigenvalue weighted by Crippen LogP contribution is 2.15. The van der Waals surface area contributed by atoms with Gasteiger partial charge in [-0.15, -0.1) is 0 Å². The predicted octanol–water partition coefficient (Wildman–Crippen LogP) is 0.487. The molecule has 0 aliphatic rings. The molecule has 0 saturated heterocycles. The molecule has 1 N–H and O–H groups in total. The number of hydrogen-bond acceptors (Lipinski definition) is 4. The van der Waals surface area contributed by atoms with Gasteiger partial charge in [0.05, 0.1) is 5.75 Å². The van der Waals surface area contributed by atoms with Gasteiger partial charge in [0, 0.05) is 25.4 Å². The minimum atomic E-state index is -3.65. The van der Waals surface area contributed by atoms with Crippen molar-refractivity contribution < 1.29 is 18.3 Å². The van der Waals surface area contributed by atoms with Crippen molar-refractivity contribution in [2.45, 2.75) is 25.5 Å². The molecule has 0 aliphatic heterocycles. The van der Waals surface area contributed by atoms with E-state index in [1.165, 1.54) is 0 Å². The maximum atomic E-state index is 12.0. The number of hydrogen-bond donors (Lipinski definition) is 1. The second-order valence-electron chi connectivity index (χ2n) is 4.57. The summed E-state index contributed by atoms with van der Waals surface area (Å²) in [6.07, 6.45) is 1.86. The first-order valence-electron chi connectivity index (χ1n) is 5.67. The van der Waals surface area contributed by atoms with Crippen molar-refractivity contribution in [3.63, 3.8) is 0 Å². The fraction of sp³-hybridized carbons (Fsp3) is 0.636. The SMILES string of the molecule is CC(C)C(C(=O)O)S(=O)(=O)CCc1ccnn1C. The number of sulfone groups is 1. The standard InChI is InChI=1S/C11H18N2O4S/c1-8(2)10(11(14)15)18(16,17)7-5-9-4-6-12-13(9)3/h4,6,8,10H,5,7H2,1-3H3,(H,14,15). The number of carbonyl (C=O) groups is 1. The Morgan fingerprint density at radius 3 is 2.50 bits per heavy atom. The lowest BCUT2D eigenvalue weighted by Gasteiger charge is -2.16. The van der Waals surface area contributed by atoms with Crippen molar-refractivity contribution in [3.05, 3.63) is 18.0 Å². The normalized spacial score (nSPS) is 13.8. The van der Waals surface area contributed by atoms with Crippen LogP contribution in [0.4, 0.5) is 0 Å². The van der Waals surface area contributed by atoms with Gasteiger partial charge in [-0.05, 0) is 12.0 Å². The average Bonchev–Trinajstić information content (AvgIpc) is 2.59. The van der Waals surface area contributed by atoms with E-state index < -0.39 is 27.0 Å². The molecule has 102 valence electrons. The lowest BCUT2D eigenvalue weighted by Crippen LogP contribution is -2.37. The van der Waals surface area contributed by atoms with Crippen molar-refractivity contribution in [3.8, 4) is 0 Å². The fourth-order valence-electron chi connectivity index (χ4n) is 1.87. The van der Waals surface area contributed by atoms with E-state index >= 15 is 0 Å². The van der Waals surface area contributed by atoms with Gasteiger partial charge in [0.2, 0.25) is 0 Å². The molecule has 0 amide bonds. The Kier molecular flexibility index (Phi) is 4.50. The number of nitrogens with zero attached hydrogens (tertiary/aromatic N) is 2. The minimum absolute atomic E-state index is 0.179. The second-order valence-corrected chi connectivity index (χ2v) is 6.81. The molecule has 1 aromatic rings. The van der Waals surface area contributed by atoms with Gasteiger partial charge in [0.15, 0.2) is 15.1 Å². The number of aliphatic carboxylic acids is 1. The summed E-state index contributed by atoms with van der Waals surface area (Å²) in [5.41, 5.74) is 0.770. The summed E-state index contributed by atoms with van der Waals surface area (Å²) >= 11 is 0. The van der Waals surface area contributed by atoms with E-state index in [0.717, 1.165) is 5.69 Å². The third kappa shape index (κ3) is 3.32. The zero-order valence-electron chi connectivity index (χ0n) is 10.7. The number of rotatable bonds is 6. The maximum absolute atomic E-state index is 12.0. The zero-order valence-corrected chi connectivity index (χ0v) is 11.5. The van der Waals surface area contributed by atoms with Gasteiger partial charge in [-0.1, -0.05) is 13.8 Å². The Bertz CT molecular complexity index is 519. The van der Waals surface area contributed by atoms with Crippen LogP contribution in [0.5, 0.6) is 0 Å². The molecule has 0 spiro atoms. The van der Waals surface area contributed by atoms with E-state index in [2.05, 4.69) is 5.10 Å². The van der Waals surface area contributed by atoms with E-state index in [1.54, 1.807) is 37.8 Å².